The molecule has 0 fully saturated rings. The van der Waals surface area contributed by atoms with Gasteiger partial charge in [0.05, 0.1) is 16.6 Å². The van der Waals surface area contributed by atoms with Gasteiger partial charge in [0, 0.05) is 19.5 Å². The van der Waals surface area contributed by atoms with Gasteiger partial charge in [-0.15, -0.1) is 0 Å². The summed E-state index contributed by atoms with van der Waals surface area (Å²) in [5.41, 5.74) is 0.396. The molecule has 0 bridgehead atoms. The summed E-state index contributed by atoms with van der Waals surface area (Å²) in [4.78, 5) is 37.2. The van der Waals surface area contributed by atoms with Gasteiger partial charge in [-0.1, -0.05) is 13.0 Å². The van der Waals surface area contributed by atoms with Crippen LogP contribution < -0.4 is 11.0 Å². The second-order valence-electron chi connectivity index (χ2n) is 4.69. The lowest BCUT2D eigenvalue weighted by Gasteiger charge is -2.05. The molecule has 0 aliphatic carbocycles. The van der Waals surface area contributed by atoms with Crippen LogP contribution >= 0.6 is 0 Å². The summed E-state index contributed by atoms with van der Waals surface area (Å²) in [5, 5.41) is 11.8. The number of rotatable bonds is 6. The second kappa shape index (κ2) is 6.25. The average Bonchev–Trinajstić information content (AvgIpc) is 2.77. The van der Waals surface area contributed by atoms with Gasteiger partial charge < -0.3 is 15.4 Å². The monoisotopic (exact) mass is 291 g/mol. The van der Waals surface area contributed by atoms with Crippen molar-refractivity contribution in [3.05, 3.63) is 34.2 Å². The van der Waals surface area contributed by atoms with E-state index in [1.165, 1.54) is 10.6 Å². The van der Waals surface area contributed by atoms with Crippen LogP contribution in [0.25, 0.3) is 11.0 Å². The number of nitrogens with one attached hydrogen (secondary N) is 2. The van der Waals surface area contributed by atoms with E-state index < -0.39 is 11.7 Å². The first-order valence-electron chi connectivity index (χ1n) is 6.76. The number of carboxylic acid groups (broad SMARTS) is 1. The Bertz CT molecular complexity index is 729. The zero-order chi connectivity index (χ0) is 15.4. The summed E-state index contributed by atoms with van der Waals surface area (Å²) in [6, 6.07) is 4.66. The highest BCUT2D eigenvalue weighted by Gasteiger charge is 2.14. The molecule has 0 unspecified atom stereocenters. The molecule has 3 N–H and O–H groups in total. The van der Waals surface area contributed by atoms with Crippen molar-refractivity contribution in [3.8, 4) is 0 Å². The first-order chi connectivity index (χ1) is 10.0. The molecule has 0 spiro atoms. The molecule has 21 heavy (non-hydrogen) atoms. The predicted octanol–water partition coefficient (Wildman–Crippen LogP) is 0.944. The van der Waals surface area contributed by atoms with Crippen LogP contribution in [0.3, 0.4) is 0 Å². The molecule has 7 heteroatoms. The molecule has 1 aromatic heterocycles. The Morgan fingerprint density at radius 1 is 1.38 bits per heavy atom. The minimum absolute atomic E-state index is 0.0405. The number of carbonyl (C=O) groups excluding carboxylic acids is 1. The number of aromatic carboxylic acids is 1. The number of carboxylic acids is 1. The molecule has 1 aromatic carbocycles. The number of aromatic amines is 1. The smallest absolute Gasteiger partial charge is 0.337 e. The topological polar surface area (TPSA) is 104 Å². The summed E-state index contributed by atoms with van der Waals surface area (Å²) in [5.74, 6) is -1.23. The fourth-order valence-corrected chi connectivity index (χ4v) is 2.15. The van der Waals surface area contributed by atoms with Crippen LogP contribution in [-0.2, 0) is 11.3 Å². The number of H-pyrrole nitrogens is 1. The van der Waals surface area contributed by atoms with Crippen molar-refractivity contribution in [3.63, 3.8) is 0 Å². The average molecular weight is 291 g/mol. The standard InChI is InChI=1S/C14H17N3O4/c1-2-7-15-11(18)6-8-17-10-5-3-4-9(13(19)20)12(10)16-14(17)21/h3-5H,2,6-8H2,1H3,(H,15,18)(H,16,21)(H,19,20). The van der Waals surface area contributed by atoms with Crippen LogP contribution in [0, 0.1) is 0 Å². The summed E-state index contributed by atoms with van der Waals surface area (Å²) in [6.07, 6.45) is 1.02. The number of nitrogens with zero attached hydrogens (tertiary/aromatic N) is 1. The number of amides is 1. The lowest BCUT2D eigenvalue weighted by molar-refractivity contribution is -0.121. The van der Waals surface area contributed by atoms with E-state index in [1.54, 1.807) is 12.1 Å². The number of para-hydroxylation sites is 1. The number of aromatic nitrogens is 2. The van der Waals surface area contributed by atoms with Crippen LogP contribution in [0.1, 0.15) is 30.1 Å². The van der Waals surface area contributed by atoms with Crippen molar-refractivity contribution in [2.75, 3.05) is 6.54 Å². The van der Waals surface area contributed by atoms with Crippen LogP contribution in [0.15, 0.2) is 23.0 Å². The van der Waals surface area contributed by atoms with Gasteiger partial charge >= 0.3 is 11.7 Å². The van der Waals surface area contributed by atoms with Gasteiger partial charge in [0.25, 0.3) is 0 Å². The van der Waals surface area contributed by atoms with Gasteiger partial charge in [0.1, 0.15) is 0 Å². The van der Waals surface area contributed by atoms with E-state index in [1.807, 2.05) is 6.92 Å². The molecule has 1 amide bonds. The Balaban J connectivity index is 2.27. The van der Waals surface area contributed by atoms with Crippen molar-refractivity contribution in [2.24, 2.45) is 0 Å². The SMILES string of the molecule is CCCNC(=O)CCn1c(=O)[nH]c2c(C(=O)O)cccc21. The third-order valence-electron chi connectivity index (χ3n) is 3.18. The number of aryl methyl sites for hydroxylation is 1. The molecule has 0 aliphatic rings. The van der Waals surface area contributed by atoms with Gasteiger partial charge in [-0.25, -0.2) is 9.59 Å². The maximum Gasteiger partial charge on any atom is 0.337 e. The minimum Gasteiger partial charge on any atom is -0.478 e. The molecule has 1 heterocycles. The zero-order valence-electron chi connectivity index (χ0n) is 11.7. The third kappa shape index (κ3) is 3.13. The number of imidazole rings is 1. The zero-order valence-corrected chi connectivity index (χ0v) is 11.7. The number of hydrogen-bond donors (Lipinski definition) is 3. The lowest BCUT2D eigenvalue weighted by Crippen LogP contribution is -2.27. The normalized spacial score (nSPS) is 10.7. The summed E-state index contributed by atoms with van der Waals surface area (Å²) < 4.78 is 1.38. The van der Waals surface area contributed by atoms with E-state index in [2.05, 4.69) is 10.3 Å². The van der Waals surface area contributed by atoms with Gasteiger partial charge in [-0.05, 0) is 18.6 Å². The van der Waals surface area contributed by atoms with E-state index in [-0.39, 0.29) is 30.0 Å². The number of carbonyl (C=O) groups is 2. The summed E-state index contributed by atoms with van der Waals surface area (Å²) >= 11 is 0. The van der Waals surface area contributed by atoms with Crippen molar-refractivity contribution in [2.45, 2.75) is 26.3 Å². The van der Waals surface area contributed by atoms with Gasteiger partial charge in [0.2, 0.25) is 5.91 Å². The van der Waals surface area contributed by atoms with Crippen molar-refractivity contribution < 1.29 is 14.7 Å². The summed E-state index contributed by atoms with van der Waals surface area (Å²) in [6.45, 7) is 2.76. The lowest BCUT2D eigenvalue weighted by atomic mass is 10.2. The Kier molecular flexibility index (Phi) is 4.42. The molecule has 0 radical (unpaired) electrons. The van der Waals surface area contributed by atoms with Crippen LogP contribution in [-0.4, -0.2) is 33.1 Å². The molecule has 0 saturated carbocycles. The molecular weight excluding hydrogens is 274 g/mol. The molecule has 0 saturated heterocycles. The maximum absolute atomic E-state index is 11.9. The number of benzene rings is 1. The van der Waals surface area contributed by atoms with E-state index in [4.69, 9.17) is 5.11 Å². The van der Waals surface area contributed by atoms with Crippen molar-refractivity contribution in [1.82, 2.24) is 14.9 Å². The predicted molar refractivity (Wildman–Crippen MR) is 77.4 cm³/mol. The van der Waals surface area contributed by atoms with Crippen LogP contribution in [0.2, 0.25) is 0 Å². The third-order valence-corrected chi connectivity index (χ3v) is 3.18. The molecule has 0 aliphatic heterocycles. The van der Waals surface area contributed by atoms with Gasteiger partial charge in [-0.3, -0.25) is 9.36 Å². The highest BCUT2D eigenvalue weighted by Crippen LogP contribution is 2.15. The number of hydrogen-bond acceptors (Lipinski definition) is 3. The van der Waals surface area contributed by atoms with Crippen molar-refractivity contribution in [1.29, 1.82) is 0 Å². The van der Waals surface area contributed by atoms with Crippen LogP contribution in [0.5, 0.6) is 0 Å². The first kappa shape index (κ1) is 14.8. The molecule has 0 atom stereocenters. The molecule has 2 aromatic rings. The Morgan fingerprint density at radius 3 is 2.81 bits per heavy atom. The molecular formula is C14H17N3O4. The Morgan fingerprint density at radius 2 is 2.14 bits per heavy atom. The molecule has 7 nitrogen and oxygen atoms in total. The number of fused-ring (bicyclic) bond motifs is 1. The fourth-order valence-electron chi connectivity index (χ4n) is 2.15. The fraction of sp³-hybridized carbons (Fsp3) is 0.357. The quantitative estimate of drug-likeness (QED) is 0.736. The van der Waals surface area contributed by atoms with E-state index >= 15 is 0 Å². The summed E-state index contributed by atoms with van der Waals surface area (Å²) in [7, 11) is 0. The Labute approximate surface area is 120 Å². The van der Waals surface area contributed by atoms with Gasteiger partial charge in [-0.2, -0.15) is 0 Å². The highest BCUT2D eigenvalue weighted by molar-refractivity contribution is 6.00. The minimum atomic E-state index is -1.10. The highest BCUT2D eigenvalue weighted by atomic mass is 16.4. The van der Waals surface area contributed by atoms with E-state index in [0.29, 0.717) is 12.1 Å². The maximum atomic E-state index is 11.9. The van der Waals surface area contributed by atoms with Gasteiger partial charge in [0.15, 0.2) is 0 Å². The van der Waals surface area contributed by atoms with E-state index in [9.17, 15) is 14.4 Å². The molecule has 112 valence electrons. The first-order valence-corrected chi connectivity index (χ1v) is 6.76. The second-order valence-corrected chi connectivity index (χ2v) is 4.69. The Hall–Kier alpha value is -2.57. The van der Waals surface area contributed by atoms with Crippen molar-refractivity contribution >= 4 is 22.9 Å². The van der Waals surface area contributed by atoms with Crippen LogP contribution in [0.4, 0.5) is 0 Å². The largest absolute Gasteiger partial charge is 0.478 e. The van der Waals surface area contributed by atoms with E-state index in [0.717, 1.165) is 6.42 Å². The molecule has 2 rings (SSSR count).